The Morgan fingerprint density at radius 3 is 2.22 bits per heavy atom. The van der Waals surface area contributed by atoms with E-state index in [2.05, 4.69) is 5.32 Å². The van der Waals surface area contributed by atoms with E-state index in [1.54, 1.807) is 12.1 Å². The van der Waals surface area contributed by atoms with Gasteiger partial charge in [-0.05, 0) is 31.1 Å². The van der Waals surface area contributed by atoms with Crippen LogP contribution in [0.25, 0.3) is 5.57 Å². The van der Waals surface area contributed by atoms with E-state index in [-0.39, 0.29) is 11.7 Å². The Bertz CT molecular complexity index is 590. The fraction of sp³-hybridized carbons (Fsp3) is 0.200. The van der Waals surface area contributed by atoms with Crippen molar-refractivity contribution in [2.24, 2.45) is 0 Å². The van der Waals surface area contributed by atoms with Crippen LogP contribution >= 0.6 is 0 Å². The summed E-state index contributed by atoms with van der Waals surface area (Å²) in [5.41, 5.74) is 4.01. The van der Waals surface area contributed by atoms with Crippen LogP contribution < -0.4 is 5.32 Å². The Labute approximate surface area is 106 Å². The van der Waals surface area contributed by atoms with Gasteiger partial charge in [0.25, 0.3) is 0 Å². The van der Waals surface area contributed by atoms with Crippen molar-refractivity contribution >= 4 is 17.3 Å². The lowest BCUT2D eigenvalue weighted by Gasteiger charge is -2.19. The highest BCUT2D eigenvalue weighted by atomic mass is 16.2. The van der Waals surface area contributed by atoms with Gasteiger partial charge in [-0.1, -0.05) is 29.8 Å². The maximum atomic E-state index is 12.2. The predicted octanol–water partition coefficient (Wildman–Crippen LogP) is 2.70. The highest BCUT2D eigenvalue weighted by Crippen LogP contribution is 2.30. The summed E-state index contributed by atoms with van der Waals surface area (Å²) in [6.45, 7) is 5.38. The first-order valence-corrected chi connectivity index (χ1v) is 5.81. The molecule has 1 aliphatic carbocycles. The van der Waals surface area contributed by atoms with Gasteiger partial charge in [-0.25, -0.2) is 0 Å². The van der Waals surface area contributed by atoms with Crippen molar-refractivity contribution in [1.29, 1.82) is 0 Å². The van der Waals surface area contributed by atoms with Crippen LogP contribution in [0.15, 0.2) is 41.6 Å². The summed E-state index contributed by atoms with van der Waals surface area (Å²) in [4.78, 5) is 23.3. The summed E-state index contributed by atoms with van der Waals surface area (Å²) in [5.74, 6) is -0.368. The van der Waals surface area contributed by atoms with Crippen molar-refractivity contribution in [1.82, 2.24) is 5.32 Å². The Morgan fingerprint density at radius 1 is 1.06 bits per heavy atom. The quantitative estimate of drug-likeness (QED) is 0.821. The van der Waals surface area contributed by atoms with Crippen molar-refractivity contribution < 1.29 is 9.59 Å². The molecule has 0 spiro atoms. The minimum atomic E-state index is -0.234. The van der Waals surface area contributed by atoms with Gasteiger partial charge in [0.1, 0.15) is 0 Å². The molecule has 3 heteroatoms. The van der Waals surface area contributed by atoms with E-state index in [0.29, 0.717) is 11.3 Å². The van der Waals surface area contributed by atoms with Crippen molar-refractivity contribution in [2.45, 2.75) is 20.8 Å². The lowest BCUT2D eigenvalue weighted by atomic mass is 9.87. The molecule has 1 aromatic rings. The largest absolute Gasteiger partial charge is 0.323 e. The Hall–Kier alpha value is -2.16. The summed E-state index contributed by atoms with van der Waals surface area (Å²) in [6.07, 6.45) is 1.75. The maximum Gasteiger partial charge on any atom is 0.221 e. The van der Waals surface area contributed by atoms with Crippen LogP contribution in [0.4, 0.5) is 0 Å². The minimum absolute atomic E-state index is 0.134. The molecule has 0 bridgehead atoms. The molecule has 0 atom stereocenters. The monoisotopic (exact) mass is 241 g/mol. The molecular weight excluding hydrogens is 226 g/mol. The predicted molar refractivity (Wildman–Crippen MR) is 70.9 cm³/mol. The van der Waals surface area contributed by atoms with Crippen molar-refractivity contribution in [3.63, 3.8) is 0 Å². The number of hydrogen-bond donors (Lipinski definition) is 1. The number of nitrogens with one attached hydrogen (secondary N) is 1. The van der Waals surface area contributed by atoms with Crippen LogP contribution in [0.5, 0.6) is 0 Å². The second kappa shape index (κ2) is 4.61. The molecule has 0 aliphatic heterocycles. The Kier molecular flexibility index (Phi) is 3.15. The summed E-state index contributed by atoms with van der Waals surface area (Å²) < 4.78 is 0. The number of ketones is 1. The van der Waals surface area contributed by atoms with Crippen LogP contribution in [-0.4, -0.2) is 11.7 Å². The molecule has 1 aliphatic rings. The zero-order valence-corrected chi connectivity index (χ0v) is 10.7. The SMILES string of the molecule is CC(=O)NC1=CC(=C(C)C)c2ccccc2C1=O. The first kappa shape index (κ1) is 12.3. The van der Waals surface area contributed by atoms with Gasteiger partial charge in [0.15, 0.2) is 0 Å². The molecule has 0 saturated carbocycles. The number of rotatable bonds is 1. The van der Waals surface area contributed by atoms with E-state index in [4.69, 9.17) is 0 Å². The molecule has 0 aromatic heterocycles. The number of benzene rings is 1. The summed E-state index contributed by atoms with van der Waals surface area (Å²) in [6, 6.07) is 7.45. The zero-order valence-electron chi connectivity index (χ0n) is 10.7. The Balaban J connectivity index is 2.61. The van der Waals surface area contributed by atoms with E-state index < -0.39 is 0 Å². The number of allylic oxidation sites excluding steroid dienone is 4. The maximum absolute atomic E-state index is 12.2. The van der Waals surface area contributed by atoms with E-state index >= 15 is 0 Å². The third-order valence-electron chi connectivity index (χ3n) is 2.84. The summed E-state index contributed by atoms with van der Waals surface area (Å²) in [7, 11) is 0. The number of Topliss-reactive ketones (excluding diaryl/α,β-unsaturated/α-hetero) is 1. The highest BCUT2D eigenvalue weighted by molar-refractivity contribution is 6.17. The molecule has 1 aromatic carbocycles. The summed E-state index contributed by atoms with van der Waals surface area (Å²) >= 11 is 0. The molecule has 0 radical (unpaired) electrons. The fourth-order valence-corrected chi connectivity index (χ4v) is 2.04. The van der Waals surface area contributed by atoms with Crippen molar-refractivity contribution in [2.75, 3.05) is 0 Å². The second-order valence-corrected chi connectivity index (χ2v) is 4.53. The standard InChI is InChI=1S/C15H15NO2/c1-9(2)13-8-14(16-10(3)17)15(18)12-7-5-4-6-11(12)13/h4-8H,1-3H3,(H,16,17). The third-order valence-corrected chi connectivity index (χ3v) is 2.84. The molecule has 2 rings (SSSR count). The average molecular weight is 241 g/mol. The van der Waals surface area contributed by atoms with Gasteiger partial charge in [-0.3, -0.25) is 9.59 Å². The molecule has 0 unspecified atom stereocenters. The van der Waals surface area contributed by atoms with Gasteiger partial charge in [0.2, 0.25) is 11.7 Å². The molecule has 3 nitrogen and oxygen atoms in total. The number of carbonyl (C=O) groups is 2. The van der Waals surface area contributed by atoms with Crippen LogP contribution in [-0.2, 0) is 4.79 Å². The normalized spacial score (nSPS) is 13.8. The van der Waals surface area contributed by atoms with Gasteiger partial charge >= 0.3 is 0 Å². The molecule has 1 N–H and O–H groups in total. The molecule has 92 valence electrons. The van der Waals surface area contributed by atoms with E-state index in [1.807, 2.05) is 32.0 Å². The van der Waals surface area contributed by atoms with Crippen LogP contribution in [0.1, 0.15) is 36.7 Å². The third kappa shape index (κ3) is 2.12. The molecule has 0 saturated heterocycles. The smallest absolute Gasteiger partial charge is 0.221 e. The van der Waals surface area contributed by atoms with Gasteiger partial charge in [0, 0.05) is 12.5 Å². The topological polar surface area (TPSA) is 46.2 Å². The second-order valence-electron chi connectivity index (χ2n) is 4.53. The Morgan fingerprint density at radius 2 is 1.67 bits per heavy atom. The van der Waals surface area contributed by atoms with Gasteiger partial charge in [0.05, 0.1) is 5.70 Å². The first-order chi connectivity index (χ1) is 8.50. The molecule has 18 heavy (non-hydrogen) atoms. The van der Waals surface area contributed by atoms with Crippen LogP contribution in [0.2, 0.25) is 0 Å². The lowest BCUT2D eigenvalue weighted by Crippen LogP contribution is -2.27. The molecule has 1 amide bonds. The summed E-state index contributed by atoms with van der Waals surface area (Å²) in [5, 5.41) is 2.60. The van der Waals surface area contributed by atoms with Gasteiger partial charge in [-0.2, -0.15) is 0 Å². The van der Waals surface area contributed by atoms with Crippen molar-refractivity contribution in [3.05, 3.63) is 52.7 Å². The number of fused-ring (bicyclic) bond motifs is 1. The number of carbonyl (C=O) groups excluding carboxylic acids is 2. The van der Waals surface area contributed by atoms with Crippen LogP contribution in [0.3, 0.4) is 0 Å². The molecule has 0 heterocycles. The molecular formula is C15H15NO2. The average Bonchev–Trinajstić information content (AvgIpc) is 2.32. The van der Waals surface area contributed by atoms with Gasteiger partial charge < -0.3 is 5.32 Å². The highest BCUT2D eigenvalue weighted by Gasteiger charge is 2.23. The zero-order chi connectivity index (χ0) is 13.3. The van der Waals surface area contributed by atoms with Crippen LogP contribution in [0, 0.1) is 0 Å². The number of hydrogen-bond acceptors (Lipinski definition) is 2. The van der Waals surface area contributed by atoms with Crippen molar-refractivity contribution in [3.8, 4) is 0 Å². The number of amides is 1. The molecule has 0 fully saturated rings. The van der Waals surface area contributed by atoms with E-state index in [1.165, 1.54) is 6.92 Å². The minimum Gasteiger partial charge on any atom is -0.323 e. The first-order valence-electron chi connectivity index (χ1n) is 5.81. The fourth-order valence-electron chi connectivity index (χ4n) is 2.04. The van der Waals surface area contributed by atoms with E-state index in [0.717, 1.165) is 16.7 Å². The lowest BCUT2D eigenvalue weighted by molar-refractivity contribution is -0.118. The van der Waals surface area contributed by atoms with Gasteiger partial charge in [-0.15, -0.1) is 0 Å². The van der Waals surface area contributed by atoms with E-state index in [9.17, 15) is 9.59 Å².